The molecule has 0 radical (unpaired) electrons. The number of nitrogens with zero attached hydrogens (tertiary/aromatic N) is 3. The molecular weight excluding hydrogens is 232 g/mol. The predicted octanol–water partition coefficient (Wildman–Crippen LogP) is 1.66. The number of carbonyl (C=O) groups is 1. The van der Waals surface area contributed by atoms with Crippen LogP contribution in [-0.2, 0) is 11.8 Å². The van der Waals surface area contributed by atoms with E-state index in [0.717, 1.165) is 6.42 Å². The number of aliphatic carboxylic acids is 1. The lowest BCUT2D eigenvalue weighted by atomic mass is 10.1. The van der Waals surface area contributed by atoms with Crippen molar-refractivity contribution in [3.63, 3.8) is 0 Å². The molecule has 98 valence electrons. The van der Waals surface area contributed by atoms with Crippen molar-refractivity contribution in [3.05, 3.63) is 11.3 Å². The van der Waals surface area contributed by atoms with E-state index in [-0.39, 0.29) is 12.5 Å². The lowest BCUT2D eigenvalue weighted by Crippen LogP contribution is -2.18. The predicted molar refractivity (Wildman–Crippen MR) is 67.2 cm³/mol. The summed E-state index contributed by atoms with van der Waals surface area (Å²) in [6, 6.07) is 2.23. The third kappa shape index (κ3) is 3.48. The van der Waals surface area contributed by atoms with Crippen molar-refractivity contribution in [3.8, 4) is 6.07 Å². The van der Waals surface area contributed by atoms with Gasteiger partial charge in [0.05, 0.1) is 5.69 Å². The van der Waals surface area contributed by atoms with Gasteiger partial charge in [0.15, 0.2) is 0 Å². The number of hydrogen-bond donors (Lipinski definition) is 2. The summed E-state index contributed by atoms with van der Waals surface area (Å²) >= 11 is 0. The molecule has 1 unspecified atom stereocenters. The molecule has 0 aliphatic heterocycles. The Morgan fingerprint density at radius 3 is 2.89 bits per heavy atom. The van der Waals surface area contributed by atoms with Crippen molar-refractivity contribution in [2.24, 2.45) is 7.05 Å². The van der Waals surface area contributed by atoms with Crippen LogP contribution < -0.4 is 5.32 Å². The Labute approximate surface area is 106 Å². The number of aryl methyl sites for hydroxylation is 2. The molecule has 0 bridgehead atoms. The van der Waals surface area contributed by atoms with E-state index in [4.69, 9.17) is 10.4 Å². The quantitative estimate of drug-likeness (QED) is 0.801. The van der Waals surface area contributed by atoms with Crippen LogP contribution in [0, 0.1) is 18.3 Å². The standard InChI is InChI=1S/C12H18N4O2/c1-8(5-4-6-11(17)18)14-12-10(7-13)9(2)15-16(12)3/h8,14H,4-6H2,1-3H3,(H,17,18). The molecule has 18 heavy (non-hydrogen) atoms. The van der Waals surface area contributed by atoms with Crippen LogP contribution >= 0.6 is 0 Å². The minimum Gasteiger partial charge on any atom is -0.481 e. The molecule has 6 heteroatoms. The number of carboxylic acid groups (broad SMARTS) is 1. The van der Waals surface area contributed by atoms with Gasteiger partial charge in [0.1, 0.15) is 17.5 Å². The first-order valence-corrected chi connectivity index (χ1v) is 5.87. The van der Waals surface area contributed by atoms with Gasteiger partial charge < -0.3 is 10.4 Å². The van der Waals surface area contributed by atoms with Crippen molar-refractivity contribution in [2.75, 3.05) is 5.32 Å². The molecule has 1 rings (SSSR count). The highest BCUT2D eigenvalue weighted by Gasteiger charge is 2.14. The van der Waals surface area contributed by atoms with Gasteiger partial charge in [-0.1, -0.05) is 0 Å². The minimum atomic E-state index is -0.781. The van der Waals surface area contributed by atoms with Gasteiger partial charge in [-0.3, -0.25) is 9.48 Å². The molecule has 2 N–H and O–H groups in total. The van der Waals surface area contributed by atoms with E-state index in [1.807, 2.05) is 6.92 Å². The normalized spacial score (nSPS) is 11.9. The Kier molecular flexibility index (Phi) is 4.72. The van der Waals surface area contributed by atoms with Crippen LogP contribution in [0.2, 0.25) is 0 Å². The number of aromatic nitrogens is 2. The number of rotatable bonds is 6. The van der Waals surface area contributed by atoms with E-state index in [9.17, 15) is 4.79 Å². The Balaban J connectivity index is 2.62. The first kappa shape index (κ1) is 14.0. The number of carboxylic acids is 1. The highest BCUT2D eigenvalue weighted by molar-refractivity contribution is 5.66. The largest absolute Gasteiger partial charge is 0.481 e. The first-order valence-electron chi connectivity index (χ1n) is 5.87. The summed E-state index contributed by atoms with van der Waals surface area (Å²) in [6.07, 6.45) is 1.52. The van der Waals surface area contributed by atoms with Gasteiger partial charge in [-0.25, -0.2) is 0 Å². The average Bonchev–Trinajstić information content (AvgIpc) is 2.53. The Morgan fingerprint density at radius 1 is 1.67 bits per heavy atom. The summed E-state index contributed by atoms with van der Waals surface area (Å²) in [4.78, 5) is 10.4. The van der Waals surface area contributed by atoms with Crippen molar-refractivity contribution in [2.45, 2.75) is 39.2 Å². The van der Waals surface area contributed by atoms with E-state index < -0.39 is 5.97 Å². The second-order valence-corrected chi connectivity index (χ2v) is 4.38. The van der Waals surface area contributed by atoms with E-state index >= 15 is 0 Å². The first-order chi connectivity index (χ1) is 8.45. The SMILES string of the molecule is Cc1nn(C)c(NC(C)CCCC(=O)O)c1C#N. The van der Waals surface area contributed by atoms with Crippen molar-refractivity contribution >= 4 is 11.8 Å². The van der Waals surface area contributed by atoms with Crippen LogP contribution in [0.25, 0.3) is 0 Å². The highest BCUT2D eigenvalue weighted by atomic mass is 16.4. The fraction of sp³-hybridized carbons (Fsp3) is 0.583. The summed E-state index contributed by atoms with van der Waals surface area (Å²) in [7, 11) is 1.78. The zero-order valence-electron chi connectivity index (χ0n) is 10.9. The molecule has 1 aromatic rings. The molecule has 6 nitrogen and oxygen atoms in total. The maximum absolute atomic E-state index is 10.4. The Bertz CT molecular complexity index is 473. The minimum absolute atomic E-state index is 0.103. The zero-order chi connectivity index (χ0) is 13.7. The molecule has 0 amide bonds. The summed E-state index contributed by atoms with van der Waals surface area (Å²) in [5.41, 5.74) is 1.24. The van der Waals surface area contributed by atoms with E-state index in [1.54, 1.807) is 18.7 Å². The number of nitrogens with one attached hydrogen (secondary N) is 1. The van der Waals surface area contributed by atoms with Crippen molar-refractivity contribution < 1.29 is 9.90 Å². The summed E-state index contributed by atoms with van der Waals surface area (Å²) in [5, 5.41) is 25.0. The molecule has 0 fully saturated rings. The van der Waals surface area contributed by atoms with Gasteiger partial charge in [-0.15, -0.1) is 0 Å². The molecule has 1 heterocycles. The number of anilines is 1. The molecule has 1 aromatic heterocycles. The number of hydrogen-bond acceptors (Lipinski definition) is 4. The molecule has 0 aliphatic rings. The van der Waals surface area contributed by atoms with E-state index in [2.05, 4.69) is 16.5 Å². The monoisotopic (exact) mass is 250 g/mol. The maximum atomic E-state index is 10.4. The van der Waals surface area contributed by atoms with Gasteiger partial charge in [-0.2, -0.15) is 10.4 Å². The molecule has 0 spiro atoms. The molecule has 0 aliphatic carbocycles. The Morgan fingerprint density at radius 2 is 2.33 bits per heavy atom. The fourth-order valence-corrected chi connectivity index (χ4v) is 1.82. The third-order valence-corrected chi connectivity index (χ3v) is 2.74. The average molecular weight is 250 g/mol. The van der Waals surface area contributed by atoms with Gasteiger partial charge in [0.2, 0.25) is 0 Å². The lowest BCUT2D eigenvalue weighted by Gasteiger charge is -2.14. The summed E-state index contributed by atoms with van der Waals surface area (Å²) < 4.78 is 1.64. The topological polar surface area (TPSA) is 90.9 Å². The van der Waals surface area contributed by atoms with E-state index in [0.29, 0.717) is 23.5 Å². The molecular formula is C12H18N4O2. The number of nitriles is 1. The highest BCUT2D eigenvalue weighted by Crippen LogP contribution is 2.19. The van der Waals surface area contributed by atoms with Crippen molar-refractivity contribution in [1.82, 2.24) is 9.78 Å². The van der Waals surface area contributed by atoms with Crippen LogP contribution in [0.5, 0.6) is 0 Å². The summed E-state index contributed by atoms with van der Waals surface area (Å²) in [5.74, 6) is -0.0888. The molecule has 0 aromatic carbocycles. The third-order valence-electron chi connectivity index (χ3n) is 2.74. The molecule has 0 saturated carbocycles. The van der Waals surface area contributed by atoms with Gasteiger partial charge >= 0.3 is 5.97 Å². The molecule has 1 atom stereocenters. The van der Waals surface area contributed by atoms with Crippen LogP contribution in [0.4, 0.5) is 5.82 Å². The zero-order valence-corrected chi connectivity index (χ0v) is 10.9. The lowest BCUT2D eigenvalue weighted by molar-refractivity contribution is -0.137. The van der Waals surface area contributed by atoms with Crippen LogP contribution in [0.1, 0.15) is 37.4 Å². The van der Waals surface area contributed by atoms with E-state index in [1.165, 1.54) is 0 Å². The van der Waals surface area contributed by atoms with Gasteiger partial charge in [-0.05, 0) is 26.7 Å². The smallest absolute Gasteiger partial charge is 0.303 e. The fourth-order valence-electron chi connectivity index (χ4n) is 1.82. The van der Waals surface area contributed by atoms with Crippen LogP contribution in [0.3, 0.4) is 0 Å². The Hall–Kier alpha value is -2.03. The second kappa shape index (κ2) is 6.05. The van der Waals surface area contributed by atoms with Crippen LogP contribution in [0.15, 0.2) is 0 Å². The van der Waals surface area contributed by atoms with Gasteiger partial charge in [0.25, 0.3) is 0 Å². The van der Waals surface area contributed by atoms with Crippen LogP contribution in [-0.4, -0.2) is 26.9 Å². The van der Waals surface area contributed by atoms with Gasteiger partial charge in [0, 0.05) is 19.5 Å². The maximum Gasteiger partial charge on any atom is 0.303 e. The molecule has 0 saturated heterocycles. The summed E-state index contributed by atoms with van der Waals surface area (Å²) in [6.45, 7) is 3.75. The van der Waals surface area contributed by atoms with Crippen molar-refractivity contribution in [1.29, 1.82) is 5.26 Å². The second-order valence-electron chi connectivity index (χ2n) is 4.38.